The molecule has 0 amide bonds. The number of alkyl halides is 1. The molecule has 130 valence electrons. The fourth-order valence-electron chi connectivity index (χ4n) is 3.58. The minimum atomic E-state index is -0.430. The molecular weight excluding hydrogens is 330 g/mol. The molecule has 2 nitrogen and oxygen atoms in total. The summed E-state index contributed by atoms with van der Waals surface area (Å²) in [7, 11) is 0. The molecule has 3 rings (SSSR count). The van der Waals surface area contributed by atoms with Crippen LogP contribution in [0.3, 0.4) is 0 Å². The first-order chi connectivity index (χ1) is 12.2. The second-order valence-corrected chi connectivity index (χ2v) is 7.45. The van der Waals surface area contributed by atoms with E-state index in [1.807, 2.05) is 12.1 Å². The first kappa shape index (κ1) is 17.8. The van der Waals surface area contributed by atoms with Crippen molar-refractivity contribution >= 4 is 11.6 Å². The van der Waals surface area contributed by atoms with E-state index in [1.54, 1.807) is 0 Å². The van der Waals surface area contributed by atoms with Crippen LogP contribution in [0.5, 0.6) is 5.75 Å². The van der Waals surface area contributed by atoms with Gasteiger partial charge in [0.15, 0.2) is 0 Å². The maximum Gasteiger partial charge on any atom is 0.119 e. The van der Waals surface area contributed by atoms with Crippen LogP contribution in [-0.2, 0) is 5.41 Å². The van der Waals surface area contributed by atoms with Crippen LogP contribution in [0.1, 0.15) is 44.6 Å². The molecule has 3 heteroatoms. The lowest BCUT2D eigenvalue weighted by Gasteiger charge is -2.33. The van der Waals surface area contributed by atoms with Gasteiger partial charge in [0.05, 0.1) is 18.1 Å². The molecule has 1 fully saturated rings. The van der Waals surface area contributed by atoms with Crippen LogP contribution in [0, 0.1) is 11.3 Å². The number of hydrogen-bond donors (Lipinski definition) is 0. The molecule has 2 aromatic rings. The molecule has 0 spiro atoms. The number of hydrogen-bond acceptors (Lipinski definition) is 2. The molecule has 0 aliphatic heterocycles. The summed E-state index contributed by atoms with van der Waals surface area (Å²) in [5, 5.41) is 9.88. The Labute approximate surface area is 155 Å². The van der Waals surface area contributed by atoms with Gasteiger partial charge in [0, 0.05) is 5.38 Å². The van der Waals surface area contributed by atoms with E-state index in [0.29, 0.717) is 0 Å². The van der Waals surface area contributed by atoms with Crippen LogP contribution >= 0.6 is 11.6 Å². The zero-order valence-electron chi connectivity index (χ0n) is 14.7. The van der Waals surface area contributed by atoms with E-state index in [0.717, 1.165) is 61.2 Å². The third-order valence-electron chi connectivity index (χ3n) is 5.00. The summed E-state index contributed by atoms with van der Waals surface area (Å²) in [6.07, 6.45) is 4.68. The van der Waals surface area contributed by atoms with Gasteiger partial charge in [-0.25, -0.2) is 0 Å². The van der Waals surface area contributed by atoms with Crippen LogP contribution < -0.4 is 4.74 Å². The van der Waals surface area contributed by atoms with Crippen LogP contribution in [0.15, 0.2) is 48.5 Å². The van der Waals surface area contributed by atoms with Crippen molar-refractivity contribution in [1.29, 1.82) is 5.26 Å². The van der Waals surface area contributed by atoms with Crippen molar-refractivity contribution in [3.8, 4) is 22.9 Å². The third kappa shape index (κ3) is 3.99. The lowest BCUT2D eigenvalue weighted by atomic mass is 9.70. The minimum Gasteiger partial charge on any atom is -0.494 e. The molecule has 2 unspecified atom stereocenters. The Bertz CT molecular complexity index is 732. The number of rotatable bonds is 5. The molecule has 1 saturated carbocycles. The number of ether oxygens (including phenoxy) is 1. The van der Waals surface area contributed by atoms with Crippen molar-refractivity contribution in [2.45, 2.75) is 49.8 Å². The van der Waals surface area contributed by atoms with Crippen LogP contribution in [0.4, 0.5) is 0 Å². The van der Waals surface area contributed by atoms with Crippen LogP contribution in [0.2, 0.25) is 0 Å². The Balaban J connectivity index is 1.79. The Morgan fingerprint density at radius 1 is 1.12 bits per heavy atom. The first-order valence-electron chi connectivity index (χ1n) is 9.06. The number of nitriles is 1. The first-order valence-corrected chi connectivity index (χ1v) is 9.49. The van der Waals surface area contributed by atoms with Gasteiger partial charge in [0.2, 0.25) is 0 Å². The lowest BCUT2D eigenvalue weighted by molar-refractivity contribution is 0.317. The maximum absolute atomic E-state index is 9.78. The number of nitrogens with zero attached hydrogens (tertiary/aromatic N) is 1. The molecule has 1 aliphatic rings. The zero-order chi connectivity index (χ0) is 17.7. The van der Waals surface area contributed by atoms with Crippen molar-refractivity contribution in [3.05, 3.63) is 54.1 Å². The van der Waals surface area contributed by atoms with Crippen LogP contribution in [-0.4, -0.2) is 12.0 Å². The zero-order valence-corrected chi connectivity index (χ0v) is 15.4. The quantitative estimate of drug-likeness (QED) is 0.610. The third-order valence-corrected chi connectivity index (χ3v) is 5.38. The second kappa shape index (κ2) is 7.93. The summed E-state index contributed by atoms with van der Waals surface area (Å²) in [6.45, 7) is 2.84. The molecule has 0 aromatic heterocycles. The molecule has 2 atom stereocenters. The summed E-state index contributed by atoms with van der Waals surface area (Å²) in [5.41, 5.74) is 2.96. The Morgan fingerprint density at radius 3 is 2.32 bits per heavy atom. The molecule has 0 saturated heterocycles. The average molecular weight is 354 g/mol. The van der Waals surface area contributed by atoms with Crippen molar-refractivity contribution < 1.29 is 4.74 Å². The highest BCUT2D eigenvalue weighted by Gasteiger charge is 2.37. The van der Waals surface area contributed by atoms with Gasteiger partial charge in [0.25, 0.3) is 0 Å². The van der Waals surface area contributed by atoms with Crippen molar-refractivity contribution in [1.82, 2.24) is 0 Å². The van der Waals surface area contributed by atoms with Gasteiger partial charge in [-0.15, -0.1) is 11.6 Å². The fourth-order valence-corrected chi connectivity index (χ4v) is 4.00. The van der Waals surface area contributed by atoms with Gasteiger partial charge < -0.3 is 4.74 Å². The van der Waals surface area contributed by atoms with Gasteiger partial charge in [0.1, 0.15) is 5.75 Å². The Kier molecular flexibility index (Phi) is 5.66. The highest BCUT2D eigenvalue weighted by Crippen LogP contribution is 2.41. The maximum atomic E-state index is 9.78. The molecule has 0 heterocycles. The fraction of sp³-hybridized carbons (Fsp3) is 0.409. The Hall–Kier alpha value is -1.98. The summed E-state index contributed by atoms with van der Waals surface area (Å²) >= 11 is 6.34. The van der Waals surface area contributed by atoms with Gasteiger partial charge in [-0.3, -0.25) is 0 Å². The average Bonchev–Trinajstić information content (AvgIpc) is 2.67. The van der Waals surface area contributed by atoms with Crippen molar-refractivity contribution in [3.63, 3.8) is 0 Å². The van der Waals surface area contributed by atoms with Crippen molar-refractivity contribution in [2.75, 3.05) is 6.61 Å². The summed E-state index contributed by atoms with van der Waals surface area (Å²) in [5.74, 6) is 0.904. The van der Waals surface area contributed by atoms with Gasteiger partial charge in [-0.2, -0.15) is 5.26 Å². The highest BCUT2D eigenvalue weighted by atomic mass is 35.5. The molecule has 1 aliphatic carbocycles. The predicted molar refractivity (Wildman–Crippen MR) is 103 cm³/mol. The molecular formula is C22H24ClNO. The van der Waals surface area contributed by atoms with Crippen molar-refractivity contribution in [2.24, 2.45) is 0 Å². The van der Waals surface area contributed by atoms with E-state index in [1.165, 1.54) is 0 Å². The summed E-state index contributed by atoms with van der Waals surface area (Å²) < 4.78 is 5.63. The van der Waals surface area contributed by atoms with E-state index >= 15 is 0 Å². The molecule has 25 heavy (non-hydrogen) atoms. The van der Waals surface area contributed by atoms with E-state index < -0.39 is 5.41 Å². The smallest absolute Gasteiger partial charge is 0.119 e. The van der Waals surface area contributed by atoms with E-state index in [2.05, 4.69) is 49.4 Å². The van der Waals surface area contributed by atoms with Gasteiger partial charge in [-0.05, 0) is 54.5 Å². The lowest BCUT2D eigenvalue weighted by Crippen LogP contribution is -2.31. The molecule has 0 N–H and O–H groups in total. The SMILES string of the molecule is CCCOc1ccc(-c2ccc(C3(C#N)CCCC(Cl)C3)cc2)cc1. The molecule has 2 aromatic carbocycles. The normalized spacial score (nSPS) is 23.0. The van der Waals surface area contributed by atoms with E-state index in [-0.39, 0.29) is 5.38 Å². The van der Waals surface area contributed by atoms with E-state index in [9.17, 15) is 5.26 Å². The monoisotopic (exact) mass is 353 g/mol. The van der Waals surface area contributed by atoms with E-state index in [4.69, 9.17) is 16.3 Å². The predicted octanol–water partition coefficient (Wildman–Crippen LogP) is 6.09. The van der Waals surface area contributed by atoms with Gasteiger partial charge in [-0.1, -0.05) is 49.7 Å². The molecule has 0 radical (unpaired) electrons. The second-order valence-electron chi connectivity index (χ2n) is 6.84. The summed E-state index contributed by atoms with van der Waals surface area (Å²) in [6, 6.07) is 19.1. The number of halogens is 1. The summed E-state index contributed by atoms with van der Waals surface area (Å²) in [4.78, 5) is 0. The molecule has 0 bridgehead atoms. The standard InChI is InChI=1S/C22H24ClNO/c1-2-14-25-21-11-7-18(8-12-21)17-5-9-19(10-6-17)22(16-24)13-3-4-20(23)15-22/h5-12,20H,2-4,13-15H2,1H3. The van der Waals surface area contributed by atoms with Crippen LogP contribution in [0.25, 0.3) is 11.1 Å². The van der Waals surface area contributed by atoms with Gasteiger partial charge >= 0.3 is 0 Å². The highest BCUT2D eigenvalue weighted by molar-refractivity contribution is 6.20. The largest absolute Gasteiger partial charge is 0.494 e. The number of benzene rings is 2. The Morgan fingerprint density at radius 2 is 1.76 bits per heavy atom. The minimum absolute atomic E-state index is 0.101. The topological polar surface area (TPSA) is 33.0 Å².